The van der Waals surface area contributed by atoms with E-state index < -0.39 is 5.54 Å². The highest BCUT2D eigenvalue weighted by molar-refractivity contribution is 9.10. The largest absolute Gasteiger partial charge is 0.379 e. The van der Waals surface area contributed by atoms with Crippen molar-refractivity contribution in [2.24, 2.45) is 5.73 Å². The van der Waals surface area contributed by atoms with Gasteiger partial charge in [0.2, 0.25) is 0 Å². The van der Waals surface area contributed by atoms with E-state index in [1.807, 2.05) is 19.9 Å². The number of rotatable bonds is 6. The van der Waals surface area contributed by atoms with E-state index in [9.17, 15) is 0 Å². The van der Waals surface area contributed by atoms with Gasteiger partial charge in [-0.15, -0.1) is 0 Å². The number of nitrogens with two attached hydrogens (primary N) is 1. The van der Waals surface area contributed by atoms with Gasteiger partial charge in [-0.1, -0.05) is 12.1 Å². The first-order chi connectivity index (χ1) is 9.53. The van der Waals surface area contributed by atoms with Gasteiger partial charge < -0.3 is 15.0 Å². The van der Waals surface area contributed by atoms with E-state index in [2.05, 4.69) is 31.1 Å². The van der Waals surface area contributed by atoms with Crippen molar-refractivity contribution in [3.63, 3.8) is 0 Å². The van der Waals surface area contributed by atoms with Crippen LogP contribution in [0.25, 0.3) is 11.6 Å². The summed E-state index contributed by atoms with van der Waals surface area (Å²) in [6.45, 7) is 4.85. The summed E-state index contributed by atoms with van der Waals surface area (Å²) in [6, 6.07) is 3.65. The van der Waals surface area contributed by atoms with Gasteiger partial charge in [-0.2, -0.15) is 4.98 Å². The lowest BCUT2D eigenvalue weighted by molar-refractivity contribution is 0.0867. The van der Waals surface area contributed by atoms with Gasteiger partial charge in [0.05, 0.1) is 6.61 Å². The summed E-state index contributed by atoms with van der Waals surface area (Å²) in [7, 11) is 0. The van der Waals surface area contributed by atoms with Crippen LogP contribution < -0.4 is 5.73 Å². The maximum absolute atomic E-state index is 6.16. The molecule has 0 fully saturated rings. The number of hydrogen-bond donors (Lipinski definition) is 1. The Morgan fingerprint density at radius 1 is 1.45 bits per heavy atom. The summed E-state index contributed by atoms with van der Waals surface area (Å²) < 4.78 is 11.6. The number of pyridine rings is 1. The van der Waals surface area contributed by atoms with Crippen LogP contribution in [0.15, 0.2) is 27.3 Å². The molecule has 0 aromatic carbocycles. The molecule has 2 rings (SSSR count). The topological polar surface area (TPSA) is 87.1 Å². The highest BCUT2D eigenvalue weighted by Crippen LogP contribution is 2.21. The quantitative estimate of drug-likeness (QED) is 0.813. The van der Waals surface area contributed by atoms with Crippen LogP contribution in [0.4, 0.5) is 0 Å². The van der Waals surface area contributed by atoms with Crippen LogP contribution in [0, 0.1) is 0 Å². The molecule has 6 nitrogen and oxygen atoms in total. The zero-order valence-electron chi connectivity index (χ0n) is 11.5. The minimum absolute atomic E-state index is 0.341. The van der Waals surface area contributed by atoms with Gasteiger partial charge in [-0.25, -0.2) is 4.98 Å². The van der Waals surface area contributed by atoms with Gasteiger partial charge in [0.1, 0.15) is 11.2 Å². The molecule has 0 spiro atoms. The third-order valence-corrected chi connectivity index (χ3v) is 3.10. The molecular weight excluding hydrogens is 324 g/mol. The Kier molecular flexibility index (Phi) is 4.85. The van der Waals surface area contributed by atoms with Gasteiger partial charge >= 0.3 is 0 Å². The minimum atomic E-state index is -0.785. The average molecular weight is 341 g/mol. The molecule has 0 saturated heterocycles. The zero-order valence-corrected chi connectivity index (χ0v) is 13.1. The van der Waals surface area contributed by atoms with Gasteiger partial charge in [-0.3, -0.25) is 0 Å². The van der Waals surface area contributed by atoms with Crippen molar-refractivity contribution in [1.29, 1.82) is 0 Å². The van der Waals surface area contributed by atoms with Gasteiger partial charge in [0, 0.05) is 17.3 Å². The first kappa shape index (κ1) is 15.1. The number of aromatic nitrogens is 3. The van der Waals surface area contributed by atoms with E-state index >= 15 is 0 Å². The molecule has 0 aliphatic rings. The average Bonchev–Trinajstić information content (AvgIpc) is 2.90. The Morgan fingerprint density at radius 3 is 2.90 bits per heavy atom. The molecule has 0 radical (unpaired) electrons. The Labute approximate surface area is 125 Å². The van der Waals surface area contributed by atoms with Crippen molar-refractivity contribution < 1.29 is 9.26 Å². The highest BCUT2D eigenvalue weighted by Gasteiger charge is 2.28. The third-order valence-electron chi connectivity index (χ3n) is 2.63. The number of hydrogen-bond acceptors (Lipinski definition) is 6. The van der Waals surface area contributed by atoms with Crippen molar-refractivity contribution in [1.82, 2.24) is 15.1 Å². The molecule has 2 N–H and O–H groups in total. The lowest BCUT2D eigenvalue weighted by Crippen LogP contribution is -2.39. The van der Waals surface area contributed by atoms with Crippen molar-refractivity contribution in [3.05, 3.63) is 28.6 Å². The SMILES string of the molecule is CCCOCC(C)(N)c1noc(-c2ccc(Br)cn2)n1. The number of nitrogens with zero attached hydrogens (tertiary/aromatic N) is 3. The van der Waals surface area contributed by atoms with E-state index in [-0.39, 0.29) is 0 Å². The maximum atomic E-state index is 6.16. The van der Waals surface area contributed by atoms with Crippen LogP contribution in [0.2, 0.25) is 0 Å². The monoisotopic (exact) mass is 340 g/mol. The maximum Gasteiger partial charge on any atom is 0.276 e. The predicted octanol–water partition coefficient (Wildman–Crippen LogP) is 2.49. The second-order valence-corrected chi connectivity index (χ2v) is 5.67. The highest BCUT2D eigenvalue weighted by atomic mass is 79.9. The molecule has 0 aliphatic carbocycles. The summed E-state index contributed by atoms with van der Waals surface area (Å²) in [4.78, 5) is 8.50. The Morgan fingerprint density at radius 2 is 2.25 bits per heavy atom. The molecule has 0 amide bonds. The molecule has 2 aromatic heterocycles. The smallest absolute Gasteiger partial charge is 0.276 e. The third kappa shape index (κ3) is 3.62. The normalized spacial score (nSPS) is 14.2. The minimum Gasteiger partial charge on any atom is -0.379 e. The molecule has 7 heteroatoms. The van der Waals surface area contributed by atoms with Crippen LogP contribution in [0.1, 0.15) is 26.1 Å². The molecule has 0 saturated carbocycles. The predicted molar refractivity (Wildman–Crippen MR) is 77.9 cm³/mol. The summed E-state index contributed by atoms with van der Waals surface area (Å²) >= 11 is 3.32. The van der Waals surface area contributed by atoms with Crippen molar-refractivity contribution in [2.45, 2.75) is 25.8 Å². The Balaban J connectivity index is 2.13. The summed E-state index contributed by atoms with van der Waals surface area (Å²) in [5.74, 6) is 0.757. The second-order valence-electron chi connectivity index (χ2n) is 4.75. The molecule has 0 bridgehead atoms. The fourth-order valence-corrected chi connectivity index (χ4v) is 1.79. The molecule has 20 heavy (non-hydrogen) atoms. The lowest BCUT2D eigenvalue weighted by Gasteiger charge is -2.19. The van der Waals surface area contributed by atoms with Crippen LogP contribution in [0.3, 0.4) is 0 Å². The lowest BCUT2D eigenvalue weighted by atomic mass is 10.1. The van der Waals surface area contributed by atoms with Crippen LogP contribution in [0.5, 0.6) is 0 Å². The van der Waals surface area contributed by atoms with Crippen LogP contribution in [-0.2, 0) is 10.3 Å². The first-order valence-corrected chi connectivity index (χ1v) is 7.15. The molecule has 1 unspecified atom stereocenters. The van der Waals surface area contributed by atoms with E-state index in [0.29, 0.717) is 30.6 Å². The molecule has 2 aromatic rings. The van der Waals surface area contributed by atoms with E-state index in [0.717, 1.165) is 10.9 Å². The second kappa shape index (κ2) is 6.43. The Bertz CT molecular complexity index is 554. The van der Waals surface area contributed by atoms with Crippen molar-refractivity contribution in [3.8, 4) is 11.6 Å². The fourth-order valence-electron chi connectivity index (χ4n) is 1.55. The zero-order chi connectivity index (χ0) is 14.6. The van der Waals surface area contributed by atoms with Crippen molar-refractivity contribution in [2.75, 3.05) is 13.2 Å². The number of ether oxygens (including phenoxy) is 1. The van der Waals surface area contributed by atoms with Crippen LogP contribution >= 0.6 is 15.9 Å². The first-order valence-electron chi connectivity index (χ1n) is 6.35. The van der Waals surface area contributed by atoms with Gasteiger partial charge in [-0.05, 0) is 41.4 Å². The van der Waals surface area contributed by atoms with Gasteiger partial charge in [0.25, 0.3) is 5.89 Å². The molecule has 108 valence electrons. The Hall–Kier alpha value is -1.31. The summed E-state index contributed by atoms with van der Waals surface area (Å²) in [5.41, 5.74) is 5.98. The molecule has 0 aliphatic heterocycles. The van der Waals surface area contributed by atoms with Gasteiger partial charge in [0.15, 0.2) is 5.82 Å². The summed E-state index contributed by atoms with van der Waals surface area (Å²) in [5, 5.41) is 3.92. The van der Waals surface area contributed by atoms with E-state index in [1.54, 1.807) is 12.3 Å². The standard InChI is InChI=1S/C13H17BrN4O2/c1-3-6-19-8-13(2,15)12-17-11(20-18-12)10-5-4-9(14)7-16-10/h4-5,7H,3,6,8,15H2,1-2H3. The van der Waals surface area contributed by atoms with E-state index in [4.69, 9.17) is 15.0 Å². The van der Waals surface area contributed by atoms with Crippen molar-refractivity contribution >= 4 is 15.9 Å². The fraction of sp³-hybridized carbons (Fsp3) is 0.462. The van der Waals surface area contributed by atoms with E-state index in [1.165, 1.54) is 0 Å². The molecule has 2 heterocycles. The number of halogens is 1. The van der Waals surface area contributed by atoms with Crippen LogP contribution in [-0.4, -0.2) is 28.3 Å². The summed E-state index contributed by atoms with van der Waals surface area (Å²) in [6.07, 6.45) is 2.61. The molecular formula is C13H17BrN4O2. The molecule has 1 atom stereocenters.